The molecule has 1 fully saturated rings. The quantitative estimate of drug-likeness (QED) is 0.740. The second kappa shape index (κ2) is 7.34. The van der Waals surface area contributed by atoms with Crippen LogP contribution >= 0.6 is 0 Å². The van der Waals surface area contributed by atoms with E-state index in [1.165, 1.54) is 19.4 Å². The molecule has 1 aliphatic heterocycles. The van der Waals surface area contributed by atoms with Crippen LogP contribution in [0.4, 0.5) is 0 Å². The van der Waals surface area contributed by atoms with Gasteiger partial charge in [0.2, 0.25) is 0 Å². The number of morpholine rings is 1. The second-order valence-corrected chi connectivity index (χ2v) is 5.55. The van der Waals surface area contributed by atoms with Gasteiger partial charge in [0.1, 0.15) is 0 Å². The lowest BCUT2D eigenvalue weighted by Crippen LogP contribution is -2.51. The van der Waals surface area contributed by atoms with Crippen molar-refractivity contribution in [2.45, 2.75) is 46.6 Å². The lowest BCUT2D eigenvalue weighted by Gasteiger charge is -2.41. The van der Waals surface area contributed by atoms with E-state index in [0.29, 0.717) is 11.5 Å². The van der Waals surface area contributed by atoms with Gasteiger partial charge < -0.3 is 10.1 Å². The van der Waals surface area contributed by atoms with Crippen LogP contribution in [-0.4, -0.2) is 50.3 Å². The third-order valence-corrected chi connectivity index (χ3v) is 4.06. The topological polar surface area (TPSA) is 24.5 Å². The second-order valence-electron chi connectivity index (χ2n) is 5.55. The minimum Gasteiger partial charge on any atom is -0.378 e. The van der Waals surface area contributed by atoms with E-state index < -0.39 is 0 Å². The number of nitrogens with zero attached hydrogens (tertiary/aromatic N) is 1. The summed E-state index contributed by atoms with van der Waals surface area (Å²) in [6.45, 7) is 15.4. The SMILES string of the molecule is CCNCC(C)(CC)CN1CCOCC1CC. The molecule has 0 spiro atoms. The zero-order chi connectivity index (χ0) is 12.7. The zero-order valence-electron chi connectivity index (χ0n) is 12.1. The molecule has 0 aromatic heterocycles. The summed E-state index contributed by atoms with van der Waals surface area (Å²) in [5.41, 5.74) is 0.390. The van der Waals surface area contributed by atoms with Crippen LogP contribution in [0.15, 0.2) is 0 Å². The van der Waals surface area contributed by atoms with E-state index in [0.717, 1.165) is 32.8 Å². The van der Waals surface area contributed by atoms with Crippen LogP contribution < -0.4 is 5.32 Å². The molecule has 1 aliphatic rings. The molecule has 0 amide bonds. The first-order valence-electron chi connectivity index (χ1n) is 7.17. The minimum absolute atomic E-state index is 0.390. The summed E-state index contributed by atoms with van der Waals surface area (Å²) in [6, 6.07) is 0.622. The summed E-state index contributed by atoms with van der Waals surface area (Å²) in [4.78, 5) is 2.63. The first-order chi connectivity index (χ1) is 8.15. The molecule has 2 atom stereocenters. The maximum absolute atomic E-state index is 5.58. The van der Waals surface area contributed by atoms with Crippen LogP contribution in [0, 0.1) is 5.41 Å². The Balaban J connectivity index is 2.52. The summed E-state index contributed by atoms with van der Waals surface area (Å²) in [5.74, 6) is 0. The molecule has 17 heavy (non-hydrogen) atoms. The van der Waals surface area contributed by atoms with Crippen molar-refractivity contribution in [1.82, 2.24) is 10.2 Å². The van der Waals surface area contributed by atoms with E-state index in [2.05, 4.69) is 37.9 Å². The van der Waals surface area contributed by atoms with Gasteiger partial charge in [-0.25, -0.2) is 0 Å². The lowest BCUT2D eigenvalue weighted by molar-refractivity contribution is -0.0263. The van der Waals surface area contributed by atoms with Crippen molar-refractivity contribution in [2.24, 2.45) is 5.41 Å². The molecular formula is C14H30N2O. The molecule has 0 aromatic carbocycles. The third kappa shape index (κ3) is 4.57. The predicted molar refractivity (Wildman–Crippen MR) is 73.4 cm³/mol. The fourth-order valence-electron chi connectivity index (χ4n) is 2.48. The van der Waals surface area contributed by atoms with Crippen LogP contribution in [-0.2, 0) is 4.74 Å². The van der Waals surface area contributed by atoms with E-state index in [4.69, 9.17) is 4.74 Å². The van der Waals surface area contributed by atoms with Crippen molar-refractivity contribution in [3.63, 3.8) is 0 Å². The Hall–Kier alpha value is -0.120. The average molecular weight is 242 g/mol. The highest BCUT2D eigenvalue weighted by Crippen LogP contribution is 2.24. The van der Waals surface area contributed by atoms with Gasteiger partial charge in [-0.2, -0.15) is 0 Å². The van der Waals surface area contributed by atoms with Crippen LogP contribution in [0.25, 0.3) is 0 Å². The van der Waals surface area contributed by atoms with Crippen molar-refractivity contribution in [2.75, 3.05) is 39.4 Å². The fraction of sp³-hybridized carbons (Fsp3) is 1.00. The molecule has 102 valence electrons. The summed E-state index contributed by atoms with van der Waals surface area (Å²) >= 11 is 0. The molecule has 1 saturated heterocycles. The highest BCUT2D eigenvalue weighted by Gasteiger charge is 2.29. The molecule has 3 heteroatoms. The van der Waals surface area contributed by atoms with E-state index >= 15 is 0 Å². The lowest BCUT2D eigenvalue weighted by atomic mass is 9.86. The van der Waals surface area contributed by atoms with Gasteiger partial charge in [0.25, 0.3) is 0 Å². The third-order valence-electron chi connectivity index (χ3n) is 4.06. The van der Waals surface area contributed by atoms with E-state index in [9.17, 15) is 0 Å². The average Bonchev–Trinajstić information content (AvgIpc) is 2.37. The molecule has 0 radical (unpaired) electrons. The summed E-state index contributed by atoms with van der Waals surface area (Å²) in [6.07, 6.45) is 2.43. The van der Waals surface area contributed by atoms with Crippen molar-refractivity contribution in [1.29, 1.82) is 0 Å². The molecule has 1 N–H and O–H groups in total. The first kappa shape index (κ1) is 14.9. The highest BCUT2D eigenvalue weighted by atomic mass is 16.5. The van der Waals surface area contributed by atoms with Crippen molar-refractivity contribution < 1.29 is 4.74 Å². The maximum atomic E-state index is 5.58. The molecule has 2 unspecified atom stereocenters. The van der Waals surface area contributed by atoms with Gasteiger partial charge in [0, 0.05) is 25.7 Å². The number of hydrogen-bond donors (Lipinski definition) is 1. The smallest absolute Gasteiger partial charge is 0.0622 e. The van der Waals surface area contributed by atoms with E-state index in [1.54, 1.807) is 0 Å². The van der Waals surface area contributed by atoms with Gasteiger partial charge in [-0.05, 0) is 24.8 Å². The number of ether oxygens (including phenoxy) is 1. The Bertz CT molecular complexity index is 210. The molecule has 1 heterocycles. The van der Waals surface area contributed by atoms with Crippen LogP contribution in [0.5, 0.6) is 0 Å². The van der Waals surface area contributed by atoms with Gasteiger partial charge >= 0.3 is 0 Å². The fourth-order valence-corrected chi connectivity index (χ4v) is 2.48. The van der Waals surface area contributed by atoms with Gasteiger partial charge in [-0.3, -0.25) is 4.90 Å². The standard InChI is InChI=1S/C14H30N2O/c1-5-13-10-17-9-8-16(13)12-14(4,6-2)11-15-7-3/h13,15H,5-12H2,1-4H3. The normalized spacial score (nSPS) is 25.8. The maximum Gasteiger partial charge on any atom is 0.0622 e. The number of nitrogens with one attached hydrogen (secondary N) is 1. The predicted octanol–water partition coefficient (Wildman–Crippen LogP) is 2.12. The highest BCUT2D eigenvalue weighted by molar-refractivity contribution is 4.84. The Morgan fingerprint density at radius 3 is 2.71 bits per heavy atom. The van der Waals surface area contributed by atoms with Gasteiger partial charge in [-0.15, -0.1) is 0 Å². The van der Waals surface area contributed by atoms with Crippen LogP contribution in [0.1, 0.15) is 40.5 Å². The molecule has 0 bridgehead atoms. The minimum atomic E-state index is 0.390. The molecule has 0 aromatic rings. The summed E-state index contributed by atoms with van der Waals surface area (Å²) in [5, 5.41) is 3.50. The van der Waals surface area contributed by atoms with Crippen LogP contribution in [0.3, 0.4) is 0 Å². The summed E-state index contributed by atoms with van der Waals surface area (Å²) < 4.78 is 5.58. The molecule has 1 rings (SSSR count). The first-order valence-corrected chi connectivity index (χ1v) is 7.17. The molecule has 3 nitrogen and oxygen atoms in total. The molecular weight excluding hydrogens is 212 g/mol. The Labute approximate surface area is 107 Å². The van der Waals surface area contributed by atoms with Crippen molar-refractivity contribution in [3.8, 4) is 0 Å². The molecule has 0 aliphatic carbocycles. The number of rotatable bonds is 7. The Kier molecular flexibility index (Phi) is 6.45. The van der Waals surface area contributed by atoms with Crippen molar-refractivity contribution in [3.05, 3.63) is 0 Å². The Morgan fingerprint density at radius 2 is 2.12 bits per heavy atom. The van der Waals surface area contributed by atoms with Crippen molar-refractivity contribution >= 4 is 0 Å². The Morgan fingerprint density at radius 1 is 1.35 bits per heavy atom. The van der Waals surface area contributed by atoms with Crippen LogP contribution in [0.2, 0.25) is 0 Å². The summed E-state index contributed by atoms with van der Waals surface area (Å²) in [7, 11) is 0. The zero-order valence-corrected chi connectivity index (χ0v) is 12.1. The van der Waals surface area contributed by atoms with Gasteiger partial charge in [-0.1, -0.05) is 27.7 Å². The van der Waals surface area contributed by atoms with E-state index in [1.807, 2.05) is 0 Å². The largest absolute Gasteiger partial charge is 0.378 e. The number of hydrogen-bond acceptors (Lipinski definition) is 3. The molecule has 0 saturated carbocycles. The van der Waals surface area contributed by atoms with E-state index in [-0.39, 0.29) is 0 Å². The monoisotopic (exact) mass is 242 g/mol. The van der Waals surface area contributed by atoms with Gasteiger partial charge in [0.05, 0.1) is 13.2 Å². The van der Waals surface area contributed by atoms with Gasteiger partial charge in [0.15, 0.2) is 0 Å².